The van der Waals surface area contributed by atoms with Crippen molar-refractivity contribution < 1.29 is 14.0 Å². The number of hydrogen-bond donors (Lipinski definition) is 1. The quantitative estimate of drug-likeness (QED) is 0.878. The minimum Gasteiger partial charge on any atom is -0.366 e. The van der Waals surface area contributed by atoms with E-state index in [9.17, 15) is 14.0 Å². The van der Waals surface area contributed by atoms with Crippen LogP contribution >= 0.6 is 0 Å². The zero-order valence-electron chi connectivity index (χ0n) is 15.8. The third-order valence-corrected chi connectivity index (χ3v) is 5.33. The number of para-hydroxylation sites is 1. The Bertz CT molecular complexity index is 639. The fraction of sp³-hybridized carbons (Fsp3) is 0.600. The number of amides is 3. The van der Waals surface area contributed by atoms with Crippen molar-refractivity contribution in [3.05, 3.63) is 30.1 Å². The largest absolute Gasteiger partial charge is 0.366 e. The molecule has 1 N–H and O–H groups in total. The molecule has 0 aromatic heterocycles. The number of carbonyl (C=O) groups is 2. The second-order valence-electron chi connectivity index (χ2n) is 7.20. The van der Waals surface area contributed by atoms with Crippen molar-refractivity contribution in [1.29, 1.82) is 0 Å². The first-order valence-corrected chi connectivity index (χ1v) is 9.95. The Labute approximate surface area is 160 Å². The number of nitrogens with one attached hydrogen (secondary N) is 1. The maximum absolute atomic E-state index is 13.9. The number of anilines is 1. The van der Waals surface area contributed by atoms with E-state index < -0.39 is 0 Å². The molecule has 148 valence electrons. The van der Waals surface area contributed by atoms with Gasteiger partial charge in [0.25, 0.3) is 0 Å². The van der Waals surface area contributed by atoms with Gasteiger partial charge in [-0.1, -0.05) is 25.0 Å². The first-order chi connectivity index (χ1) is 13.1. The van der Waals surface area contributed by atoms with Crippen molar-refractivity contribution in [2.45, 2.75) is 32.1 Å². The van der Waals surface area contributed by atoms with Crippen molar-refractivity contribution >= 4 is 17.6 Å². The third kappa shape index (κ3) is 5.34. The topological polar surface area (TPSA) is 55.9 Å². The molecule has 2 heterocycles. The van der Waals surface area contributed by atoms with Gasteiger partial charge in [0.15, 0.2) is 0 Å². The third-order valence-electron chi connectivity index (χ3n) is 5.33. The molecule has 0 spiro atoms. The first-order valence-electron chi connectivity index (χ1n) is 9.95. The summed E-state index contributed by atoms with van der Waals surface area (Å²) in [6, 6.07) is 6.57. The second kappa shape index (κ2) is 9.58. The lowest BCUT2D eigenvalue weighted by Gasteiger charge is -2.36. The van der Waals surface area contributed by atoms with Gasteiger partial charge in [-0.2, -0.15) is 0 Å². The normalized spacial score (nSPS) is 18.2. The van der Waals surface area contributed by atoms with Gasteiger partial charge in [-0.05, 0) is 25.0 Å². The van der Waals surface area contributed by atoms with Crippen LogP contribution in [0.4, 0.5) is 14.9 Å². The van der Waals surface area contributed by atoms with Gasteiger partial charge >= 0.3 is 6.03 Å². The fourth-order valence-electron chi connectivity index (χ4n) is 3.72. The highest BCUT2D eigenvalue weighted by atomic mass is 19.1. The Balaban J connectivity index is 1.38. The minimum absolute atomic E-state index is 0.126. The van der Waals surface area contributed by atoms with Crippen molar-refractivity contribution in [2.24, 2.45) is 0 Å². The van der Waals surface area contributed by atoms with E-state index >= 15 is 0 Å². The van der Waals surface area contributed by atoms with Gasteiger partial charge in [0.05, 0.1) is 5.69 Å². The molecule has 3 amide bonds. The number of likely N-dealkylation sites (tertiary alicyclic amines) is 1. The lowest BCUT2D eigenvalue weighted by molar-refractivity contribution is -0.131. The summed E-state index contributed by atoms with van der Waals surface area (Å²) in [6.45, 7) is 4.32. The number of benzene rings is 1. The van der Waals surface area contributed by atoms with Crippen molar-refractivity contribution in [2.75, 3.05) is 50.7 Å². The zero-order chi connectivity index (χ0) is 19.1. The molecule has 2 fully saturated rings. The Morgan fingerprint density at radius 3 is 2.22 bits per heavy atom. The number of carbonyl (C=O) groups excluding carboxylic acids is 2. The summed E-state index contributed by atoms with van der Waals surface area (Å²) in [5.74, 6) is -0.107. The molecule has 27 heavy (non-hydrogen) atoms. The van der Waals surface area contributed by atoms with Crippen molar-refractivity contribution in [1.82, 2.24) is 15.1 Å². The average Bonchev–Trinajstić information content (AvgIpc) is 2.98. The summed E-state index contributed by atoms with van der Waals surface area (Å²) in [7, 11) is 0. The molecular weight excluding hydrogens is 347 g/mol. The molecule has 1 aromatic carbocycles. The van der Waals surface area contributed by atoms with Crippen LogP contribution in [-0.2, 0) is 4.79 Å². The number of urea groups is 1. The van der Waals surface area contributed by atoms with E-state index in [2.05, 4.69) is 5.32 Å². The smallest absolute Gasteiger partial charge is 0.317 e. The van der Waals surface area contributed by atoms with Gasteiger partial charge in [0.2, 0.25) is 5.91 Å². The monoisotopic (exact) mass is 376 g/mol. The molecule has 7 heteroatoms. The van der Waals surface area contributed by atoms with Crippen LogP contribution in [-0.4, -0.2) is 67.6 Å². The van der Waals surface area contributed by atoms with Crippen LogP contribution in [0.2, 0.25) is 0 Å². The first kappa shape index (κ1) is 19.5. The number of nitrogens with zero attached hydrogens (tertiary/aromatic N) is 3. The molecular formula is C20H29FN4O2. The van der Waals surface area contributed by atoms with Crippen LogP contribution in [0.25, 0.3) is 0 Å². The molecule has 3 rings (SSSR count). The molecule has 0 atom stereocenters. The summed E-state index contributed by atoms with van der Waals surface area (Å²) in [5.41, 5.74) is 0.584. The van der Waals surface area contributed by atoms with Crippen LogP contribution in [0, 0.1) is 5.82 Å². The van der Waals surface area contributed by atoms with E-state index in [4.69, 9.17) is 0 Å². The highest BCUT2D eigenvalue weighted by Gasteiger charge is 2.23. The predicted molar refractivity (Wildman–Crippen MR) is 103 cm³/mol. The number of hydrogen-bond acceptors (Lipinski definition) is 3. The summed E-state index contributed by atoms with van der Waals surface area (Å²) in [5, 5.41) is 2.85. The standard InChI is InChI=1S/C20H29FN4O2/c21-17-7-3-4-8-18(17)23-13-15-25(16-14-23)20(27)22-10-9-19(26)24-11-5-1-2-6-12-24/h3-4,7-8H,1-2,5-6,9-16H2,(H,22,27). The lowest BCUT2D eigenvalue weighted by Crippen LogP contribution is -2.52. The molecule has 0 saturated carbocycles. The zero-order valence-corrected chi connectivity index (χ0v) is 15.8. The molecule has 0 radical (unpaired) electrons. The van der Waals surface area contributed by atoms with E-state index in [1.807, 2.05) is 15.9 Å². The molecule has 6 nitrogen and oxygen atoms in total. The molecule has 2 saturated heterocycles. The van der Waals surface area contributed by atoms with Crippen LogP contribution < -0.4 is 10.2 Å². The Kier molecular flexibility index (Phi) is 6.90. The van der Waals surface area contributed by atoms with Crippen LogP contribution in [0.15, 0.2) is 24.3 Å². The second-order valence-corrected chi connectivity index (χ2v) is 7.20. The summed E-state index contributed by atoms with van der Waals surface area (Å²) < 4.78 is 13.9. The Hall–Kier alpha value is -2.31. The van der Waals surface area contributed by atoms with Crippen LogP contribution in [0.1, 0.15) is 32.1 Å². The van der Waals surface area contributed by atoms with E-state index in [0.29, 0.717) is 44.8 Å². The SMILES string of the molecule is O=C(CCNC(=O)N1CCN(c2ccccc2F)CC1)N1CCCCCC1. The minimum atomic E-state index is -0.234. The van der Waals surface area contributed by atoms with Crippen molar-refractivity contribution in [3.63, 3.8) is 0 Å². The number of piperazine rings is 1. The number of rotatable bonds is 4. The summed E-state index contributed by atoms with van der Waals surface area (Å²) in [4.78, 5) is 30.2. The van der Waals surface area contributed by atoms with E-state index in [1.54, 1.807) is 17.0 Å². The van der Waals surface area contributed by atoms with Gasteiger partial charge < -0.3 is 20.0 Å². The molecule has 2 aliphatic rings. The average molecular weight is 376 g/mol. The summed E-state index contributed by atoms with van der Waals surface area (Å²) >= 11 is 0. The van der Waals surface area contributed by atoms with Crippen LogP contribution in [0.5, 0.6) is 0 Å². The van der Waals surface area contributed by atoms with Crippen molar-refractivity contribution in [3.8, 4) is 0 Å². The fourth-order valence-corrected chi connectivity index (χ4v) is 3.72. The summed E-state index contributed by atoms with van der Waals surface area (Å²) in [6.07, 6.45) is 4.88. The number of halogens is 1. The molecule has 2 aliphatic heterocycles. The van der Waals surface area contributed by atoms with Gasteiger partial charge in [-0.25, -0.2) is 9.18 Å². The van der Waals surface area contributed by atoms with E-state index in [-0.39, 0.29) is 17.8 Å². The molecule has 1 aromatic rings. The molecule has 0 aliphatic carbocycles. The highest BCUT2D eigenvalue weighted by molar-refractivity contribution is 5.78. The Morgan fingerprint density at radius 1 is 0.889 bits per heavy atom. The molecule has 0 bridgehead atoms. The maximum Gasteiger partial charge on any atom is 0.317 e. The highest BCUT2D eigenvalue weighted by Crippen LogP contribution is 2.20. The van der Waals surface area contributed by atoms with E-state index in [0.717, 1.165) is 25.9 Å². The van der Waals surface area contributed by atoms with Gasteiger partial charge in [-0.15, -0.1) is 0 Å². The predicted octanol–water partition coefficient (Wildman–Crippen LogP) is 2.45. The van der Waals surface area contributed by atoms with Gasteiger partial charge in [0, 0.05) is 52.2 Å². The Morgan fingerprint density at radius 2 is 1.56 bits per heavy atom. The van der Waals surface area contributed by atoms with E-state index in [1.165, 1.54) is 18.9 Å². The van der Waals surface area contributed by atoms with Gasteiger partial charge in [0.1, 0.15) is 5.82 Å². The maximum atomic E-state index is 13.9. The van der Waals surface area contributed by atoms with Gasteiger partial charge in [-0.3, -0.25) is 4.79 Å². The van der Waals surface area contributed by atoms with Crippen LogP contribution in [0.3, 0.4) is 0 Å². The molecule has 0 unspecified atom stereocenters. The lowest BCUT2D eigenvalue weighted by atomic mass is 10.2.